The van der Waals surface area contributed by atoms with Crippen LogP contribution in [0.3, 0.4) is 0 Å². The molecular weight excluding hydrogens is 298 g/mol. The molecule has 116 valence electrons. The first-order valence-electron chi connectivity index (χ1n) is 7.08. The largest absolute Gasteiger partial charge is 0.480 e. The molecule has 2 rings (SSSR count). The van der Waals surface area contributed by atoms with Crippen molar-refractivity contribution in [3.05, 3.63) is 65.7 Å². The average molecular weight is 317 g/mol. The fourth-order valence-corrected chi connectivity index (χ4v) is 2.91. The second-order valence-electron chi connectivity index (χ2n) is 4.87. The van der Waals surface area contributed by atoms with E-state index in [-0.39, 0.29) is 10.8 Å². The lowest BCUT2D eigenvalue weighted by molar-refractivity contribution is 0.321. The van der Waals surface area contributed by atoms with Gasteiger partial charge in [-0.3, -0.25) is 0 Å². The third-order valence-corrected chi connectivity index (χ3v) is 4.36. The maximum Gasteiger partial charge on any atom is 0.285 e. The third-order valence-electron chi connectivity index (χ3n) is 3.05. The maximum absolute atomic E-state index is 12.4. The molecule has 0 bridgehead atoms. The van der Waals surface area contributed by atoms with Crippen LogP contribution in [0.15, 0.2) is 63.9 Å². The van der Waals surface area contributed by atoms with Crippen LogP contribution in [0.2, 0.25) is 0 Å². The van der Waals surface area contributed by atoms with E-state index in [9.17, 15) is 8.42 Å². The van der Waals surface area contributed by atoms with Gasteiger partial charge in [0.2, 0.25) is 5.90 Å². The van der Waals surface area contributed by atoms with Crippen molar-refractivity contribution < 1.29 is 13.2 Å². The van der Waals surface area contributed by atoms with Gasteiger partial charge >= 0.3 is 0 Å². The maximum atomic E-state index is 12.4. The summed E-state index contributed by atoms with van der Waals surface area (Å²) in [5, 5.41) is 0. The van der Waals surface area contributed by atoms with Crippen molar-refractivity contribution in [2.24, 2.45) is 4.40 Å². The molecule has 0 unspecified atom stereocenters. The minimum atomic E-state index is -3.76. The molecule has 0 heterocycles. The minimum absolute atomic E-state index is 0.170. The number of aryl methyl sites for hydroxylation is 1. The molecule has 4 nitrogen and oxygen atoms in total. The average Bonchev–Trinajstić information content (AvgIpc) is 2.48. The summed E-state index contributed by atoms with van der Waals surface area (Å²) in [6.45, 7) is 4.08. The first-order valence-corrected chi connectivity index (χ1v) is 8.52. The molecule has 2 aromatic rings. The van der Waals surface area contributed by atoms with Crippen molar-refractivity contribution in [3.63, 3.8) is 0 Å². The van der Waals surface area contributed by atoms with Gasteiger partial charge in [0.1, 0.15) is 0 Å². The molecule has 0 N–H and O–H groups in total. The van der Waals surface area contributed by atoms with Crippen LogP contribution in [0.25, 0.3) is 0 Å². The van der Waals surface area contributed by atoms with Crippen molar-refractivity contribution in [1.82, 2.24) is 0 Å². The summed E-state index contributed by atoms with van der Waals surface area (Å²) in [5.74, 6) is 0.203. The lowest BCUT2D eigenvalue weighted by Crippen LogP contribution is -2.12. The van der Waals surface area contributed by atoms with E-state index in [4.69, 9.17) is 4.74 Å². The number of rotatable bonds is 5. The summed E-state index contributed by atoms with van der Waals surface area (Å²) in [7, 11) is -3.76. The van der Waals surface area contributed by atoms with Crippen LogP contribution in [-0.4, -0.2) is 20.9 Å². The first-order chi connectivity index (χ1) is 10.5. The Morgan fingerprint density at radius 1 is 1.05 bits per heavy atom. The number of nitrogens with zero attached hydrogens (tertiary/aromatic N) is 1. The topological polar surface area (TPSA) is 55.7 Å². The number of sulfonamides is 1. The highest BCUT2D eigenvalue weighted by Crippen LogP contribution is 2.14. The fraction of sp³-hybridized carbons (Fsp3) is 0.235. The molecule has 0 aliphatic heterocycles. The SMILES string of the molecule is CCO/C(Cc1ccccc1)=N\S(=O)(=O)c1ccc(C)cc1. The molecule has 0 atom stereocenters. The predicted molar refractivity (Wildman–Crippen MR) is 87.6 cm³/mol. The Labute approximate surface area is 131 Å². The first kappa shape index (κ1) is 16.2. The Bertz CT molecular complexity index is 735. The van der Waals surface area contributed by atoms with Crippen LogP contribution in [0.5, 0.6) is 0 Å². The second-order valence-corrected chi connectivity index (χ2v) is 6.47. The molecule has 0 saturated heterocycles. The quantitative estimate of drug-likeness (QED) is 0.627. The normalized spacial score (nSPS) is 12.2. The Morgan fingerprint density at radius 3 is 2.27 bits per heavy atom. The lowest BCUT2D eigenvalue weighted by atomic mass is 10.1. The van der Waals surface area contributed by atoms with Crippen molar-refractivity contribution in [2.45, 2.75) is 25.2 Å². The van der Waals surface area contributed by atoms with E-state index in [0.717, 1.165) is 11.1 Å². The van der Waals surface area contributed by atoms with E-state index >= 15 is 0 Å². The Morgan fingerprint density at radius 2 is 1.68 bits per heavy atom. The number of hydrogen-bond donors (Lipinski definition) is 0. The van der Waals surface area contributed by atoms with Crippen molar-refractivity contribution in [3.8, 4) is 0 Å². The standard InChI is InChI=1S/C17H19NO3S/c1-3-21-17(13-15-7-5-4-6-8-15)18-22(19,20)16-11-9-14(2)10-12-16/h4-12H,3,13H2,1-2H3/b18-17-. The van der Waals surface area contributed by atoms with Crippen LogP contribution in [0.1, 0.15) is 18.1 Å². The summed E-state index contributed by atoms with van der Waals surface area (Å²) >= 11 is 0. The van der Waals surface area contributed by atoms with Crippen LogP contribution in [0.4, 0.5) is 0 Å². The molecule has 2 aromatic carbocycles. The molecule has 0 spiro atoms. The Balaban J connectivity index is 2.30. The van der Waals surface area contributed by atoms with Gasteiger partial charge in [0.05, 0.1) is 11.5 Å². The number of benzene rings is 2. The molecule has 0 aromatic heterocycles. The summed E-state index contributed by atoms with van der Waals surface area (Å²) in [6, 6.07) is 16.1. The highest BCUT2D eigenvalue weighted by atomic mass is 32.2. The second kappa shape index (κ2) is 7.22. The van der Waals surface area contributed by atoms with Gasteiger partial charge in [-0.25, -0.2) is 0 Å². The van der Waals surface area contributed by atoms with Gasteiger partial charge in [-0.05, 0) is 31.5 Å². The van der Waals surface area contributed by atoms with Crippen molar-refractivity contribution in [2.75, 3.05) is 6.61 Å². The van der Waals surface area contributed by atoms with Crippen LogP contribution in [-0.2, 0) is 21.2 Å². The van der Waals surface area contributed by atoms with Crippen molar-refractivity contribution in [1.29, 1.82) is 0 Å². The molecule has 0 fully saturated rings. The highest BCUT2D eigenvalue weighted by molar-refractivity contribution is 7.90. The van der Waals surface area contributed by atoms with Gasteiger partial charge in [-0.2, -0.15) is 8.42 Å². The Hall–Kier alpha value is -2.14. The van der Waals surface area contributed by atoms with Gasteiger partial charge in [-0.1, -0.05) is 48.0 Å². The molecule has 0 aliphatic carbocycles. The molecular formula is C17H19NO3S. The predicted octanol–water partition coefficient (Wildman–Crippen LogP) is 3.36. The summed E-state index contributed by atoms with van der Waals surface area (Å²) < 4.78 is 34.0. The van der Waals surface area contributed by atoms with E-state index in [1.54, 1.807) is 31.2 Å². The van der Waals surface area contributed by atoms with Gasteiger partial charge < -0.3 is 4.74 Å². The molecule has 0 saturated carbocycles. The smallest absolute Gasteiger partial charge is 0.285 e. The van der Waals surface area contributed by atoms with Gasteiger partial charge in [0.25, 0.3) is 10.0 Å². The molecule has 22 heavy (non-hydrogen) atoms. The van der Waals surface area contributed by atoms with E-state index in [2.05, 4.69) is 4.40 Å². The minimum Gasteiger partial charge on any atom is -0.480 e. The zero-order valence-electron chi connectivity index (χ0n) is 12.7. The molecule has 0 radical (unpaired) electrons. The van der Waals surface area contributed by atoms with Gasteiger partial charge in [-0.15, -0.1) is 4.40 Å². The fourth-order valence-electron chi connectivity index (χ4n) is 1.94. The summed E-state index contributed by atoms with van der Waals surface area (Å²) in [5.41, 5.74) is 1.95. The number of hydrogen-bond acceptors (Lipinski definition) is 3. The summed E-state index contributed by atoms with van der Waals surface area (Å²) in [6.07, 6.45) is 0.347. The van der Waals surface area contributed by atoms with E-state index in [1.165, 1.54) is 0 Å². The molecule has 0 amide bonds. The molecule has 0 aliphatic rings. The van der Waals surface area contributed by atoms with E-state index < -0.39 is 10.0 Å². The monoisotopic (exact) mass is 317 g/mol. The zero-order valence-corrected chi connectivity index (χ0v) is 13.5. The van der Waals surface area contributed by atoms with Crippen LogP contribution < -0.4 is 0 Å². The van der Waals surface area contributed by atoms with Crippen molar-refractivity contribution >= 4 is 15.9 Å². The summed E-state index contributed by atoms with van der Waals surface area (Å²) in [4.78, 5) is 0.170. The third kappa shape index (κ3) is 4.43. The highest BCUT2D eigenvalue weighted by Gasteiger charge is 2.15. The van der Waals surface area contributed by atoms with Gasteiger partial charge in [0, 0.05) is 6.42 Å². The number of ether oxygens (including phenoxy) is 1. The molecule has 5 heteroatoms. The zero-order chi connectivity index (χ0) is 16.0. The van der Waals surface area contributed by atoms with E-state index in [0.29, 0.717) is 13.0 Å². The lowest BCUT2D eigenvalue weighted by Gasteiger charge is -2.08. The Kier molecular flexibility index (Phi) is 5.33. The van der Waals surface area contributed by atoms with E-state index in [1.807, 2.05) is 37.3 Å². The van der Waals surface area contributed by atoms with Crippen LogP contribution in [0, 0.1) is 6.92 Å². The van der Waals surface area contributed by atoms with Crippen LogP contribution >= 0.6 is 0 Å². The van der Waals surface area contributed by atoms with Gasteiger partial charge in [0.15, 0.2) is 0 Å².